The fourth-order valence-electron chi connectivity index (χ4n) is 2.71. The average molecular weight is 327 g/mol. The predicted molar refractivity (Wildman–Crippen MR) is 83.7 cm³/mol. The third kappa shape index (κ3) is 3.06. The van der Waals surface area contributed by atoms with Gasteiger partial charge in [-0.05, 0) is 23.6 Å². The van der Waals surface area contributed by atoms with Crippen LogP contribution in [0.1, 0.15) is 16.5 Å². The van der Waals surface area contributed by atoms with Gasteiger partial charge in [0.25, 0.3) is 0 Å². The number of hydrogen-bond donors (Lipinski definition) is 2. The Morgan fingerprint density at radius 2 is 2.10 bits per heavy atom. The molecule has 3 rings (SSSR count). The molecule has 6 heteroatoms. The Labute approximate surface area is 132 Å². The molecule has 1 aromatic heterocycles. The number of hydrogen-bond acceptors (Lipinski definition) is 4. The van der Waals surface area contributed by atoms with Crippen molar-refractivity contribution >= 4 is 22.9 Å². The predicted octanol–water partition coefficient (Wildman–Crippen LogP) is 3.24. The van der Waals surface area contributed by atoms with E-state index in [9.17, 15) is 9.50 Å². The molecule has 0 unspecified atom stereocenters. The van der Waals surface area contributed by atoms with Gasteiger partial charge in [-0.25, -0.2) is 4.39 Å². The average Bonchev–Trinajstić information content (AvgIpc) is 2.99. The third-order valence-electron chi connectivity index (χ3n) is 3.68. The summed E-state index contributed by atoms with van der Waals surface area (Å²) in [6.45, 7) is 3.45. The van der Waals surface area contributed by atoms with E-state index in [1.54, 1.807) is 11.3 Å². The van der Waals surface area contributed by atoms with Crippen LogP contribution in [0.4, 0.5) is 4.39 Å². The van der Waals surface area contributed by atoms with Gasteiger partial charge in [0.2, 0.25) is 0 Å². The molecule has 2 heterocycles. The zero-order chi connectivity index (χ0) is 14.8. The summed E-state index contributed by atoms with van der Waals surface area (Å²) in [4.78, 5) is 3.32. The molecule has 0 saturated carbocycles. The highest BCUT2D eigenvalue weighted by Crippen LogP contribution is 2.40. The molecular weight excluding hydrogens is 311 g/mol. The van der Waals surface area contributed by atoms with Crippen LogP contribution in [0.15, 0.2) is 29.6 Å². The largest absolute Gasteiger partial charge is 0.506 e. The lowest BCUT2D eigenvalue weighted by Crippen LogP contribution is -2.45. The van der Waals surface area contributed by atoms with Crippen molar-refractivity contribution < 1.29 is 9.50 Å². The molecule has 1 saturated heterocycles. The van der Waals surface area contributed by atoms with Gasteiger partial charge < -0.3 is 10.4 Å². The van der Waals surface area contributed by atoms with Gasteiger partial charge in [0.1, 0.15) is 11.6 Å². The van der Waals surface area contributed by atoms with Crippen LogP contribution >= 0.6 is 22.9 Å². The quantitative estimate of drug-likeness (QED) is 0.909. The molecule has 1 aliphatic heterocycles. The van der Waals surface area contributed by atoms with E-state index < -0.39 is 5.82 Å². The van der Waals surface area contributed by atoms with E-state index in [1.165, 1.54) is 6.07 Å². The normalized spacial score (nSPS) is 17.8. The van der Waals surface area contributed by atoms with Gasteiger partial charge >= 0.3 is 0 Å². The van der Waals surface area contributed by atoms with Crippen LogP contribution in [-0.2, 0) is 0 Å². The number of thiophene rings is 1. The van der Waals surface area contributed by atoms with E-state index in [0.717, 1.165) is 37.1 Å². The van der Waals surface area contributed by atoms with E-state index in [0.29, 0.717) is 5.56 Å². The highest BCUT2D eigenvalue weighted by atomic mass is 35.5. The van der Waals surface area contributed by atoms with Crippen LogP contribution < -0.4 is 5.32 Å². The van der Waals surface area contributed by atoms with Crippen LogP contribution in [0.5, 0.6) is 5.75 Å². The molecule has 21 heavy (non-hydrogen) atoms. The molecular formula is C15H16ClFN2OS. The van der Waals surface area contributed by atoms with Gasteiger partial charge in [0.05, 0.1) is 11.1 Å². The Hall–Kier alpha value is -1.14. The molecule has 0 bridgehead atoms. The van der Waals surface area contributed by atoms with E-state index in [1.807, 2.05) is 17.5 Å². The minimum absolute atomic E-state index is 0.0324. The second-order valence-corrected chi connectivity index (χ2v) is 6.42. The molecule has 1 aliphatic rings. The smallest absolute Gasteiger partial charge is 0.139 e. The maximum atomic E-state index is 13.8. The van der Waals surface area contributed by atoms with Crippen LogP contribution in [0.2, 0.25) is 5.02 Å². The highest BCUT2D eigenvalue weighted by molar-refractivity contribution is 7.10. The van der Waals surface area contributed by atoms with Crippen molar-refractivity contribution in [3.63, 3.8) is 0 Å². The second-order valence-electron chi connectivity index (χ2n) is 5.03. The zero-order valence-electron chi connectivity index (χ0n) is 11.4. The van der Waals surface area contributed by atoms with Crippen molar-refractivity contribution in [2.45, 2.75) is 6.04 Å². The summed E-state index contributed by atoms with van der Waals surface area (Å²) in [5, 5.41) is 15.6. The summed E-state index contributed by atoms with van der Waals surface area (Å²) in [7, 11) is 0. The van der Waals surface area contributed by atoms with Crippen molar-refractivity contribution in [1.29, 1.82) is 0 Å². The summed E-state index contributed by atoms with van der Waals surface area (Å²) in [6, 6.07) is 6.33. The van der Waals surface area contributed by atoms with E-state index in [-0.39, 0.29) is 16.8 Å². The maximum absolute atomic E-state index is 13.8. The minimum Gasteiger partial charge on any atom is -0.506 e. The third-order valence-corrected chi connectivity index (χ3v) is 4.89. The van der Waals surface area contributed by atoms with Crippen molar-refractivity contribution in [3.8, 4) is 5.75 Å². The molecule has 2 N–H and O–H groups in total. The van der Waals surface area contributed by atoms with E-state index in [4.69, 9.17) is 11.6 Å². The van der Waals surface area contributed by atoms with Crippen molar-refractivity contribution in [3.05, 3.63) is 50.9 Å². The summed E-state index contributed by atoms with van der Waals surface area (Å²) >= 11 is 7.55. The van der Waals surface area contributed by atoms with E-state index in [2.05, 4.69) is 10.2 Å². The zero-order valence-corrected chi connectivity index (χ0v) is 12.9. The van der Waals surface area contributed by atoms with Gasteiger partial charge in [-0.15, -0.1) is 11.3 Å². The lowest BCUT2D eigenvalue weighted by atomic mass is 10.0. The summed E-state index contributed by atoms with van der Waals surface area (Å²) in [5.74, 6) is -0.459. The minimum atomic E-state index is -0.426. The van der Waals surface area contributed by atoms with Gasteiger partial charge in [0.15, 0.2) is 0 Å². The molecule has 112 valence electrons. The maximum Gasteiger partial charge on any atom is 0.139 e. The number of piperazine rings is 1. The number of phenolic OH excluding ortho intramolecular Hbond substituents is 1. The lowest BCUT2D eigenvalue weighted by Gasteiger charge is -2.35. The molecule has 2 aromatic rings. The number of benzene rings is 1. The Morgan fingerprint density at radius 3 is 2.76 bits per heavy atom. The summed E-state index contributed by atoms with van der Waals surface area (Å²) in [5.41, 5.74) is 0.532. The van der Waals surface area contributed by atoms with Gasteiger partial charge in [-0.1, -0.05) is 17.7 Å². The molecule has 1 atom stereocenters. The van der Waals surface area contributed by atoms with Crippen LogP contribution in [-0.4, -0.2) is 36.2 Å². The number of nitrogens with one attached hydrogen (secondary N) is 1. The SMILES string of the molecule is Oc1c(Cl)cc(F)cc1[C@H](c1cccs1)N1CCNCC1. The number of aromatic hydroxyl groups is 1. The molecule has 1 fully saturated rings. The molecule has 3 nitrogen and oxygen atoms in total. The molecule has 0 spiro atoms. The standard InChI is InChI=1S/C15H16ClFN2OS/c16-12-9-10(17)8-11(15(12)20)14(13-2-1-7-21-13)19-5-3-18-4-6-19/h1-2,7-9,14,18,20H,3-6H2/t14-/m1/s1. The fraction of sp³-hybridized carbons (Fsp3) is 0.333. The van der Waals surface area contributed by atoms with Crippen LogP contribution in [0.25, 0.3) is 0 Å². The van der Waals surface area contributed by atoms with Crippen molar-refractivity contribution in [1.82, 2.24) is 10.2 Å². The number of halogens is 2. The summed E-state index contributed by atoms with van der Waals surface area (Å²) in [6.07, 6.45) is 0. The topological polar surface area (TPSA) is 35.5 Å². The Morgan fingerprint density at radius 1 is 1.33 bits per heavy atom. The first kappa shape index (κ1) is 14.8. The molecule has 1 aromatic carbocycles. The Kier molecular flexibility index (Phi) is 4.45. The highest BCUT2D eigenvalue weighted by Gasteiger charge is 2.28. The lowest BCUT2D eigenvalue weighted by molar-refractivity contribution is 0.198. The van der Waals surface area contributed by atoms with Gasteiger partial charge in [-0.3, -0.25) is 4.90 Å². The fourth-order valence-corrected chi connectivity index (χ4v) is 3.80. The van der Waals surface area contributed by atoms with Crippen molar-refractivity contribution in [2.75, 3.05) is 26.2 Å². The summed E-state index contributed by atoms with van der Waals surface area (Å²) < 4.78 is 13.8. The number of rotatable bonds is 3. The Balaban J connectivity index is 2.07. The molecule has 0 amide bonds. The van der Waals surface area contributed by atoms with Crippen LogP contribution in [0.3, 0.4) is 0 Å². The van der Waals surface area contributed by atoms with Gasteiger partial charge in [0, 0.05) is 36.6 Å². The van der Waals surface area contributed by atoms with Crippen LogP contribution in [0, 0.1) is 5.82 Å². The van der Waals surface area contributed by atoms with E-state index >= 15 is 0 Å². The second kappa shape index (κ2) is 6.32. The first-order valence-corrected chi connectivity index (χ1v) is 8.08. The van der Waals surface area contributed by atoms with Gasteiger partial charge in [-0.2, -0.15) is 0 Å². The van der Waals surface area contributed by atoms with Crippen molar-refractivity contribution in [2.24, 2.45) is 0 Å². The molecule has 0 radical (unpaired) electrons. The number of nitrogens with zero attached hydrogens (tertiary/aromatic N) is 1. The monoisotopic (exact) mass is 326 g/mol. The number of phenols is 1. The Bertz CT molecular complexity index is 614. The first-order chi connectivity index (χ1) is 10.2. The molecule has 0 aliphatic carbocycles. The first-order valence-electron chi connectivity index (χ1n) is 6.83.